The van der Waals surface area contributed by atoms with Crippen molar-refractivity contribution in [3.05, 3.63) is 33.8 Å². The van der Waals surface area contributed by atoms with Crippen LogP contribution in [0.2, 0.25) is 10.0 Å². The molecular formula is C14H17Cl2NO. The second-order valence-corrected chi connectivity index (χ2v) is 6.12. The number of rotatable bonds is 3. The molecule has 2 aliphatic rings. The number of benzene rings is 1. The molecule has 0 spiro atoms. The first-order valence-electron chi connectivity index (χ1n) is 6.35. The van der Waals surface area contributed by atoms with Gasteiger partial charge >= 0.3 is 0 Å². The van der Waals surface area contributed by atoms with E-state index in [9.17, 15) is 0 Å². The van der Waals surface area contributed by atoms with E-state index in [0.29, 0.717) is 16.0 Å². The van der Waals surface area contributed by atoms with Gasteiger partial charge in [0, 0.05) is 19.1 Å². The van der Waals surface area contributed by atoms with Crippen molar-refractivity contribution < 1.29 is 4.74 Å². The third kappa shape index (κ3) is 1.78. The van der Waals surface area contributed by atoms with E-state index in [4.69, 9.17) is 27.9 Å². The summed E-state index contributed by atoms with van der Waals surface area (Å²) in [4.78, 5) is 0. The quantitative estimate of drug-likeness (QED) is 0.921. The van der Waals surface area contributed by atoms with Crippen LogP contribution in [0, 0.1) is 11.8 Å². The fourth-order valence-corrected chi connectivity index (χ4v) is 3.94. The van der Waals surface area contributed by atoms with Crippen LogP contribution in [-0.2, 0) is 10.2 Å². The Labute approximate surface area is 118 Å². The van der Waals surface area contributed by atoms with Crippen LogP contribution in [0.4, 0.5) is 0 Å². The van der Waals surface area contributed by atoms with Gasteiger partial charge in [-0.3, -0.25) is 0 Å². The Morgan fingerprint density at radius 1 is 1.39 bits per heavy atom. The normalized spacial score (nSPS) is 34.2. The predicted molar refractivity (Wildman–Crippen MR) is 74.5 cm³/mol. The van der Waals surface area contributed by atoms with E-state index in [2.05, 4.69) is 11.4 Å². The summed E-state index contributed by atoms with van der Waals surface area (Å²) in [6, 6.07) is 6.05. The number of ether oxygens (including phenoxy) is 1. The molecule has 0 unspecified atom stereocenters. The van der Waals surface area contributed by atoms with E-state index in [0.717, 1.165) is 25.6 Å². The summed E-state index contributed by atoms with van der Waals surface area (Å²) in [6.07, 6.45) is 1.22. The van der Waals surface area contributed by atoms with Crippen LogP contribution in [-0.4, -0.2) is 26.8 Å². The molecule has 1 saturated carbocycles. The lowest BCUT2D eigenvalue weighted by Gasteiger charge is -2.24. The van der Waals surface area contributed by atoms with E-state index < -0.39 is 0 Å². The highest BCUT2D eigenvalue weighted by Gasteiger charge is 2.65. The fraction of sp³-hybridized carbons (Fsp3) is 0.571. The Morgan fingerprint density at radius 3 is 2.94 bits per heavy atom. The monoisotopic (exact) mass is 285 g/mol. The van der Waals surface area contributed by atoms with E-state index in [1.165, 1.54) is 12.0 Å². The largest absolute Gasteiger partial charge is 0.384 e. The Bertz CT molecular complexity index is 465. The summed E-state index contributed by atoms with van der Waals surface area (Å²) in [5, 5.41) is 4.78. The lowest BCUT2D eigenvalue weighted by Crippen LogP contribution is -2.35. The van der Waals surface area contributed by atoms with Gasteiger partial charge in [-0.1, -0.05) is 29.3 Å². The minimum atomic E-state index is 0.211. The van der Waals surface area contributed by atoms with Crippen molar-refractivity contribution in [1.82, 2.24) is 5.32 Å². The molecule has 0 radical (unpaired) electrons. The van der Waals surface area contributed by atoms with Crippen molar-refractivity contribution in [2.45, 2.75) is 11.8 Å². The molecule has 2 nitrogen and oxygen atoms in total. The van der Waals surface area contributed by atoms with Crippen molar-refractivity contribution in [3.63, 3.8) is 0 Å². The molecule has 1 heterocycles. The summed E-state index contributed by atoms with van der Waals surface area (Å²) >= 11 is 12.2. The first-order chi connectivity index (χ1) is 8.70. The molecular weight excluding hydrogens is 269 g/mol. The maximum absolute atomic E-state index is 6.15. The van der Waals surface area contributed by atoms with Gasteiger partial charge in [-0.05, 0) is 42.5 Å². The molecule has 2 fully saturated rings. The zero-order chi connectivity index (χ0) is 12.8. The highest BCUT2D eigenvalue weighted by Crippen LogP contribution is 2.62. The average Bonchev–Trinajstić information content (AvgIpc) is 3.03. The van der Waals surface area contributed by atoms with Crippen molar-refractivity contribution in [2.24, 2.45) is 11.8 Å². The van der Waals surface area contributed by atoms with Crippen LogP contribution < -0.4 is 5.32 Å². The highest BCUT2D eigenvalue weighted by molar-refractivity contribution is 6.42. The molecule has 1 aromatic rings. The molecule has 3 atom stereocenters. The lowest BCUT2D eigenvalue weighted by atomic mass is 9.89. The average molecular weight is 286 g/mol. The van der Waals surface area contributed by atoms with Gasteiger partial charge < -0.3 is 10.1 Å². The highest BCUT2D eigenvalue weighted by atomic mass is 35.5. The SMILES string of the molecule is COC[C@H]1[C@@H]2CCNC[C@@]21c1ccc(Cl)c(Cl)c1. The number of nitrogens with one attached hydrogen (secondary N) is 1. The number of halogens is 2. The second-order valence-electron chi connectivity index (χ2n) is 5.30. The Hall–Kier alpha value is -0.280. The molecule has 0 aromatic heterocycles. The first-order valence-corrected chi connectivity index (χ1v) is 7.11. The van der Waals surface area contributed by atoms with Gasteiger partial charge in [0.1, 0.15) is 0 Å². The summed E-state index contributed by atoms with van der Waals surface area (Å²) in [5.41, 5.74) is 1.51. The number of hydrogen-bond donors (Lipinski definition) is 1. The van der Waals surface area contributed by atoms with Crippen molar-refractivity contribution in [1.29, 1.82) is 0 Å². The minimum absolute atomic E-state index is 0.211. The molecule has 3 rings (SSSR count). The van der Waals surface area contributed by atoms with Gasteiger partial charge in [-0.15, -0.1) is 0 Å². The Morgan fingerprint density at radius 2 is 2.22 bits per heavy atom. The number of piperidine rings is 1. The van der Waals surface area contributed by atoms with Gasteiger partial charge in [0.15, 0.2) is 0 Å². The summed E-state index contributed by atoms with van der Waals surface area (Å²) in [5.74, 6) is 1.32. The fourth-order valence-electron chi connectivity index (χ4n) is 3.64. The Kier molecular flexibility index (Phi) is 3.31. The molecule has 1 aliphatic carbocycles. The van der Waals surface area contributed by atoms with Crippen LogP contribution in [0.3, 0.4) is 0 Å². The third-order valence-electron chi connectivity index (χ3n) is 4.55. The molecule has 18 heavy (non-hydrogen) atoms. The van der Waals surface area contributed by atoms with Gasteiger partial charge in [0.2, 0.25) is 0 Å². The van der Waals surface area contributed by atoms with E-state index in [1.807, 2.05) is 12.1 Å². The smallest absolute Gasteiger partial charge is 0.0595 e. The van der Waals surface area contributed by atoms with Crippen molar-refractivity contribution >= 4 is 23.2 Å². The first kappa shape index (κ1) is 12.7. The summed E-state index contributed by atoms with van der Waals surface area (Å²) in [7, 11) is 1.78. The molecule has 4 heteroatoms. The van der Waals surface area contributed by atoms with E-state index >= 15 is 0 Å². The van der Waals surface area contributed by atoms with Gasteiger partial charge in [-0.25, -0.2) is 0 Å². The summed E-state index contributed by atoms with van der Waals surface area (Å²) in [6.45, 7) is 2.95. The molecule has 1 aromatic carbocycles. The van der Waals surface area contributed by atoms with Crippen molar-refractivity contribution in [3.8, 4) is 0 Å². The maximum atomic E-state index is 6.15. The van der Waals surface area contributed by atoms with Gasteiger partial charge in [-0.2, -0.15) is 0 Å². The third-order valence-corrected chi connectivity index (χ3v) is 5.29. The van der Waals surface area contributed by atoms with Crippen LogP contribution in [0.1, 0.15) is 12.0 Å². The molecule has 1 aliphatic heterocycles. The molecule has 98 valence electrons. The van der Waals surface area contributed by atoms with E-state index in [1.54, 1.807) is 7.11 Å². The number of fused-ring (bicyclic) bond motifs is 1. The molecule has 0 amide bonds. The second kappa shape index (κ2) is 4.68. The lowest BCUT2D eigenvalue weighted by molar-refractivity contribution is 0.176. The van der Waals surface area contributed by atoms with Crippen LogP contribution in [0.5, 0.6) is 0 Å². The van der Waals surface area contributed by atoms with Crippen LogP contribution >= 0.6 is 23.2 Å². The summed E-state index contributed by atoms with van der Waals surface area (Å²) < 4.78 is 5.37. The number of methoxy groups -OCH3 is 1. The zero-order valence-corrected chi connectivity index (χ0v) is 11.9. The topological polar surface area (TPSA) is 21.3 Å². The molecule has 1 N–H and O–H groups in total. The van der Waals surface area contributed by atoms with Gasteiger partial charge in [0.25, 0.3) is 0 Å². The number of hydrogen-bond acceptors (Lipinski definition) is 2. The molecule has 1 saturated heterocycles. The van der Waals surface area contributed by atoms with Crippen molar-refractivity contribution in [2.75, 3.05) is 26.8 Å². The van der Waals surface area contributed by atoms with Crippen LogP contribution in [0.25, 0.3) is 0 Å². The minimum Gasteiger partial charge on any atom is -0.384 e. The zero-order valence-electron chi connectivity index (χ0n) is 10.4. The standard InChI is InChI=1S/C14H17Cl2NO/c1-18-7-11-10-4-5-17-8-14(10,11)9-2-3-12(15)13(16)6-9/h2-3,6,10-11,17H,4-5,7-8H2,1H3/t10-,11-,14+/m0/s1. The Balaban J connectivity index is 1.95. The molecule has 0 bridgehead atoms. The van der Waals surface area contributed by atoms with E-state index in [-0.39, 0.29) is 5.41 Å². The predicted octanol–water partition coefficient (Wildman–Crippen LogP) is 3.12. The van der Waals surface area contributed by atoms with Crippen LogP contribution in [0.15, 0.2) is 18.2 Å². The van der Waals surface area contributed by atoms with Gasteiger partial charge in [0.05, 0.1) is 16.7 Å². The maximum Gasteiger partial charge on any atom is 0.0595 e.